The number of benzene rings is 1. The molecule has 0 radical (unpaired) electrons. The lowest BCUT2D eigenvalue weighted by molar-refractivity contribution is 0.193. The van der Waals surface area contributed by atoms with Crippen molar-refractivity contribution in [1.29, 1.82) is 0 Å². The number of aromatic nitrogens is 4. The van der Waals surface area contributed by atoms with Gasteiger partial charge in [-0.05, 0) is 37.3 Å². The highest BCUT2D eigenvalue weighted by molar-refractivity contribution is 6.31. The van der Waals surface area contributed by atoms with E-state index in [4.69, 9.17) is 21.3 Å². The molecule has 0 atom stereocenters. The molecular formula is C19H16ClN5O. The summed E-state index contributed by atoms with van der Waals surface area (Å²) in [7, 11) is 0. The van der Waals surface area contributed by atoms with Crippen molar-refractivity contribution in [3.63, 3.8) is 0 Å². The van der Waals surface area contributed by atoms with Crippen LogP contribution in [0, 0.1) is 0 Å². The molecule has 0 aliphatic carbocycles. The third kappa shape index (κ3) is 2.99. The summed E-state index contributed by atoms with van der Waals surface area (Å²) in [4.78, 5) is 9.19. The fraction of sp³-hybridized carbons (Fsp3) is 0.158. The van der Waals surface area contributed by atoms with Crippen LogP contribution in [-0.2, 0) is 17.9 Å². The van der Waals surface area contributed by atoms with Crippen LogP contribution in [0.2, 0.25) is 5.02 Å². The highest BCUT2D eigenvalue weighted by Crippen LogP contribution is 2.28. The molecule has 0 fully saturated rings. The first-order valence-electron chi connectivity index (χ1n) is 8.11. The first kappa shape index (κ1) is 16.5. The molecule has 0 spiro atoms. The van der Waals surface area contributed by atoms with Crippen LogP contribution >= 0.6 is 11.6 Å². The third-order valence-electron chi connectivity index (χ3n) is 3.99. The van der Waals surface area contributed by atoms with Crippen LogP contribution < -0.4 is 0 Å². The molecule has 0 saturated heterocycles. The number of allylic oxidation sites excluding steroid dienone is 1. The Kier molecular flexibility index (Phi) is 4.26. The summed E-state index contributed by atoms with van der Waals surface area (Å²) < 4.78 is 7.52. The van der Waals surface area contributed by atoms with E-state index in [1.807, 2.05) is 41.0 Å². The van der Waals surface area contributed by atoms with Crippen LogP contribution in [0.25, 0.3) is 5.69 Å². The zero-order valence-corrected chi connectivity index (χ0v) is 14.9. The molecule has 6 nitrogen and oxygen atoms in total. The molecule has 7 heteroatoms. The van der Waals surface area contributed by atoms with E-state index in [1.165, 1.54) is 0 Å². The molecule has 0 bridgehead atoms. The number of hydrogen-bond acceptors (Lipinski definition) is 5. The molecule has 26 heavy (non-hydrogen) atoms. The highest BCUT2D eigenvalue weighted by atomic mass is 35.5. The third-order valence-corrected chi connectivity index (χ3v) is 4.22. The number of ether oxygens (including phenoxy) is 1. The molecule has 1 aromatic carbocycles. The van der Waals surface area contributed by atoms with Gasteiger partial charge >= 0.3 is 0 Å². The zero-order valence-electron chi connectivity index (χ0n) is 14.2. The first-order valence-corrected chi connectivity index (χ1v) is 8.49. The van der Waals surface area contributed by atoms with E-state index < -0.39 is 0 Å². The quantitative estimate of drug-likeness (QED) is 0.661. The van der Waals surface area contributed by atoms with Crippen LogP contribution in [-0.4, -0.2) is 25.5 Å². The molecule has 0 N–H and O–H groups in total. The Bertz CT molecular complexity index is 1010. The maximum Gasteiger partial charge on any atom is 0.175 e. The Morgan fingerprint density at radius 2 is 2.15 bits per heavy atom. The topological polar surface area (TPSA) is 65.2 Å². The van der Waals surface area contributed by atoms with Gasteiger partial charge in [-0.1, -0.05) is 24.2 Å². The van der Waals surface area contributed by atoms with E-state index in [-0.39, 0.29) is 6.61 Å². The van der Waals surface area contributed by atoms with E-state index in [2.05, 4.69) is 21.8 Å². The Hall–Kier alpha value is -2.99. The van der Waals surface area contributed by atoms with Crippen LogP contribution in [0.1, 0.15) is 29.8 Å². The molecule has 0 saturated carbocycles. The number of rotatable bonds is 4. The van der Waals surface area contributed by atoms with E-state index in [1.54, 1.807) is 13.1 Å². The molecule has 3 heterocycles. The van der Waals surface area contributed by atoms with E-state index in [0.717, 1.165) is 28.5 Å². The zero-order chi connectivity index (χ0) is 18.1. The maximum atomic E-state index is 6.27. The second-order valence-corrected chi connectivity index (χ2v) is 6.34. The van der Waals surface area contributed by atoms with E-state index in [0.29, 0.717) is 23.2 Å². The highest BCUT2D eigenvalue weighted by Gasteiger charge is 2.23. The van der Waals surface area contributed by atoms with E-state index >= 15 is 0 Å². The lowest BCUT2D eigenvalue weighted by atomic mass is 10.0. The van der Waals surface area contributed by atoms with Crippen molar-refractivity contribution >= 4 is 17.3 Å². The molecule has 0 unspecified atom stereocenters. The number of hydrogen-bond donors (Lipinski definition) is 0. The Morgan fingerprint density at radius 1 is 1.27 bits per heavy atom. The molecular weight excluding hydrogens is 350 g/mol. The van der Waals surface area contributed by atoms with Crippen LogP contribution in [0.3, 0.4) is 0 Å². The molecule has 130 valence electrons. The average molecular weight is 366 g/mol. The minimum atomic E-state index is 0.281. The van der Waals surface area contributed by atoms with Gasteiger partial charge in [-0.25, -0.2) is 0 Å². The normalized spacial score (nSPS) is 12.6. The molecule has 2 aromatic heterocycles. The smallest absolute Gasteiger partial charge is 0.175 e. The van der Waals surface area contributed by atoms with Crippen molar-refractivity contribution < 1.29 is 4.74 Å². The van der Waals surface area contributed by atoms with Crippen LogP contribution in [0.4, 0.5) is 0 Å². The second kappa shape index (κ2) is 6.72. The largest absolute Gasteiger partial charge is 0.491 e. The SMILES string of the molecule is C=C(C)OCc1nnc2n1-c1ccc(Cl)cc1C(c1ccccn1)=NC2. The lowest BCUT2D eigenvalue weighted by Crippen LogP contribution is -2.11. The molecule has 3 aromatic rings. The van der Waals surface area contributed by atoms with Crippen molar-refractivity contribution in [2.24, 2.45) is 4.99 Å². The van der Waals surface area contributed by atoms with Gasteiger partial charge in [0.1, 0.15) is 13.2 Å². The summed E-state index contributed by atoms with van der Waals surface area (Å²) in [5.41, 5.74) is 3.35. The average Bonchev–Trinajstić information content (AvgIpc) is 2.97. The summed E-state index contributed by atoms with van der Waals surface area (Å²) in [5.74, 6) is 2.04. The van der Waals surface area contributed by atoms with Crippen molar-refractivity contribution in [1.82, 2.24) is 19.7 Å². The van der Waals surface area contributed by atoms with Gasteiger partial charge < -0.3 is 4.74 Å². The molecule has 4 rings (SSSR count). The Morgan fingerprint density at radius 3 is 2.92 bits per heavy atom. The van der Waals surface area contributed by atoms with Crippen LogP contribution in [0.5, 0.6) is 0 Å². The second-order valence-electron chi connectivity index (χ2n) is 5.90. The molecule has 0 amide bonds. The van der Waals surface area contributed by atoms with Gasteiger partial charge in [0, 0.05) is 16.8 Å². The van der Waals surface area contributed by atoms with Gasteiger partial charge in [0.05, 0.1) is 22.9 Å². The van der Waals surface area contributed by atoms with Crippen molar-refractivity contribution in [3.8, 4) is 5.69 Å². The Balaban J connectivity index is 1.88. The van der Waals surface area contributed by atoms with Gasteiger partial charge in [-0.3, -0.25) is 14.5 Å². The number of halogens is 1. The Labute approximate surface area is 155 Å². The first-order chi connectivity index (χ1) is 12.6. The monoisotopic (exact) mass is 365 g/mol. The minimum Gasteiger partial charge on any atom is -0.491 e. The number of aliphatic imine (C=N–C) groups is 1. The van der Waals surface area contributed by atoms with Gasteiger partial charge in [0.15, 0.2) is 11.6 Å². The maximum absolute atomic E-state index is 6.27. The van der Waals surface area contributed by atoms with Crippen molar-refractivity contribution in [3.05, 3.63) is 82.9 Å². The fourth-order valence-electron chi connectivity index (χ4n) is 2.87. The number of nitrogens with zero attached hydrogens (tertiary/aromatic N) is 5. The summed E-state index contributed by atoms with van der Waals surface area (Å²) in [6.07, 6.45) is 1.75. The van der Waals surface area contributed by atoms with Gasteiger partial charge in [-0.2, -0.15) is 0 Å². The van der Waals surface area contributed by atoms with Gasteiger partial charge in [0.2, 0.25) is 0 Å². The summed E-state index contributed by atoms with van der Waals surface area (Å²) >= 11 is 6.27. The summed E-state index contributed by atoms with van der Waals surface area (Å²) in [6, 6.07) is 11.4. The van der Waals surface area contributed by atoms with E-state index in [9.17, 15) is 0 Å². The van der Waals surface area contributed by atoms with Gasteiger partial charge in [-0.15, -0.1) is 10.2 Å². The minimum absolute atomic E-state index is 0.281. The number of fused-ring (bicyclic) bond motifs is 3. The standard InChI is InChI=1S/C19H16ClN5O/c1-12(2)26-11-18-24-23-17-10-22-19(15-5-3-4-8-21-15)14-9-13(20)6-7-16(14)25(17)18/h3-9H,1,10-11H2,2H3. The van der Waals surface area contributed by atoms with Gasteiger partial charge in [0.25, 0.3) is 0 Å². The molecule has 1 aliphatic heterocycles. The van der Waals surface area contributed by atoms with Crippen molar-refractivity contribution in [2.75, 3.05) is 0 Å². The van der Waals surface area contributed by atoms with Crippen molar-refractivity contribution in [2.45, 2.75) is 20.1 Å². The molecule has 1 aliphatic rings. The predicted octanol–water partition coefficient (Wildman–Crippen LogP) is 3.72. The van der Waals surface area contributed by atoms with Crippen LogP contribution in [0.15, 0.2) is 59.9 Å². The fourth-order valence-corrected chi connectivity index (χ4v) is 3.04. The lowest BCUT2D eigenvalue weighted by Gasteiger charge is -2.14. The number of pyridine rings is 1. The predicted molar refractivity (Wildman–Crippen MR) is 99.6 cm³/mol. The summed E-state index contributed by atoms with van der Waals surface area (Å²) in [6.45, 7) is 6.23. The summed E-state index contributed by atoms with van der Waals surface area (Å²) in [5, 5.41) is 9.17.